The molecule has 1 unspecified atom stereocenters. The van der Waals surface area contributed by atoms with Crippen LogP contribution in [0.1, 0.15) is 5.56 Å². The molecule has 1 aromatic rings. The molecule has 0 spiro atoms. The summed E-state index contributed by atoms with van der Waals surface area (Å²) >= 11 is 0. The molecular formula is C11H13N3O5. The summed E-state index contributed by atoms with van der Waals surface area (Å²) in [7, 11) is 0. The van der Waals surface area contributed by atoms with Crippen molar-refractivity contribution in [2.75, 3.05) is 24.7 Å². The van der Waals surface area contributed by atoms with Gasteiger partial charge in [-0.25, -0.2) is 9.78 Å². The molecule has 1 aliphatic heterocycles. The molecule has 1 aliphatic rings. The number of nitrogens with zero attached hydrogens (tertiary/aromatic N) is 3. The molecule has 0 aromatic carbocycles. The number of carboxylic acids is 1. The summed E-state index contributed by atoms with van der Waals surface area (Å²) < 4.78 is 5.14. The number of pyridine rings is 1. The SMILES string of the molecule is Cc1cc([N+](=O)[O-])cnc1N1CCOCC1C(=O)O. The van der Waals surface area contributed by atoms with E-state index in [0.29, 0.717) is 24.5 Å². The zero-order chi connectivity index (χ0) is 14.0. The Bertz CT molecular complexity index is 519. The number of nitro groups is 1. The first kappa shape index (κ1) is 13.2. The zero-order valence-electron chi connectivity index (χ0n) is 10.3. The molecule has 19 heavy (non-hydrogen) atoms. The summed E-state index contributed by atoms with van der Waals surface area (Å²) in [6.07, 6.45) is 1.14. The van der Waals surface area contributed by atoms with Crippen LogP contribution in [0.15, 0.2) is 12.3 Å². The smallest absolute Gasteiger partial charge is 0.328 e. The van der Waals surface area contributed by atoms with Gasteiger partial charge in [0.1, 0.15) is 12.0 Å². The number of aromatic nitrogens is 1. The average Bonchev–Trinajstić information content (AvgIpc) is 2.38. The van der Waals surface area contributed by atoms with Gasteiger partial charge < -0.3 is 14.7 Å². The second-order valence-corrected chi connectivity index (χ2v) is 4.21. The Hall–Kier alpha value is -2.22. The number of anilines is 1. The second-order valence-electron chi connectivity index (χ2n) is 4.21. The minimum absolute atomic E-state index is 0.0768. The summed E-state index contributed by atoms with van der Waals surface area (Å²) in [6.45, 7) is 2.54. The number of hydrogen-bond acceptors (Lipinski definition) is 6. The van der Waals surface area contributed by atoms with Gasteiger partial charge in [0.2, 0.25) is 0 Å². The normalized spacial score (nSPS) is 19.2. The van der Waals surface area contributed by atoms with Crippen LogP contribution in [-0.4, -0.2) is 46.8 Å². The van der Waals surface area contributed by atoms with Gasteiger partial charge in [0.15, 0.2) is 6.04 Å². The summed E-state index contributed by atoms with van der Waals surface area (Å²) in [5, 5.41) is 19.8. The predicted molar refractivity (Wildman–Crippen MR) is 65.2 cm³/mol. The first-order chi connectivity index (χ1) is 9.00. The lowest BCUT2D eigenvalue weighted by molar-refractivity contribution is -0.385. The van der Waals surface area contributed by atoms with Crippen molar-refractivity contribution in [3.05, 3.63) is 27.9 Å². The molecule has 102 valence electrons. The van der Waals surface area contributed by atoms with Crippen molar-refractivity contribution >= 4 is 17.5 Å². The Balaban J connectivity index is 2.34. The first-order valence-corrected chi connectivity index (χ1v) is 5.69. The third kappa shape index (κ3) is 2.63. The van der Waals surface area contributed by atoms with Crippen LogP contribution in [0.2, 0.25) is 0 Å². The van der Waals surface area contributed by atoms with E-state index in [9.17, 15) is 14.9 Å². The van der Waals surface area contributed by atoms with Crippen LogP contribution in [0.5, 0.6) is 0 Å². The minimum Gasteiger partial charge on any atom is -0.480 e. The van der Waals surface area contributed by atoms with Crippen molar-refractivity contribution in [1.82, 2.24) is 4.98 Å². The van der Waals surface area contributed by atoms with E-state index in [0.717, 1.165) is 6.20 Å². The Morgan fingerprint density at radius 2 is 2.42 bits per heavy atom. The minimum atomic E-state index is -1.00. The fourth-order valence-electron chi connectivity index (χ4n) is 2.02. The van der Waals surface area contributed by atoms with Crippen LogP contribution in [0.3, 0.4) is 0 Å². The highest BCUT2D eigenvalue weighted by Crippen LogP contribution is 2.24. The summed E-state index contributed by atoms with van der Waals surface area (Å²) in [5.74, 6) is -0.555. The Kier molecular flexibility index (Phi) is 3.61. The number of morpholine rings is 1. The van der Waals surface area contributed by atoms with Gasteiger partial charge in [-0.3, -0.25) is 10.1 Å². The lowest BCUT2D eigenvalue weighted by atomic mass is 10.2. The summed E-state index contributed by atoms with van der Waals surface area (Å²) in [5.41, 5.74) is 0.462. The third-order valence-electron chi connectivity index (χ3n) is 2.93. The van der Waals surface area contributed by atoms with E-state index >= 15 is 0 Å². The van der Waals surface area contributed by atoms with E-state index in [4.69, 9.17) is 9.84 Å². The molecule has 8 nitrogen and oxygen atoms in total. The van der Waals surface area contributed by atoms with Gasteiger partial charge in [0, 0.05) is 12.6 Å². The van der Waals surface area contributed by atoms with Crippen molar-refractivity contribution in [1.29, 1.82) is 0 Å². The highest BCUT2D eigenvalue weighted by molar-refractivity contribution is 5.78. The van der Waals surface area contributed by atoms with E-state index in [1.165, 1.54) is 6.07 Å². The Morgan fingerprint density at radius 3 is 3.00 bits per heavy atom. The maximum absolute atomic E-state index is 11.2. The maximum Gasteiger partial charge on any atom is 0.328 e. The van der Waals surface area contributed by atoms with Gasteiger partial charge in [-0.05, 0) is 12.5 Å². The zero-order valence-corrected chi connectivity index (χ0v) is 10.3. The topological polar surface area (TPSA) is 106 Å². The highest BCUT2D eigenvalue weighted by atomic mass is 16.6. The van der Waals surface area contributed by atoms with Gasteiger partial charge >= 0.3 is 5.97 Å². The third-order valence-corrected chi connectivity index (χ3v) is 2.93. The molecule has 0 bridgehead atoms. The molecular weight excluding hydrogens is 254 g/mol. The molecule has 2 rings (SSSR count). The van der Waals surface area contributed by atoms with Crippen LogP contribution in [0.4, 0.5) is 11.5 Å². The van der Waals surface area contributed by atoms with Crippen LogP contribution in [0.25, 0.3) is 0 Å². The van der Waals surface area contributed by atoms with Crippen LogP contribution in [0, 0.1) is 17.0 Å². The van der Waals surface area contributed by atoms with Crippen molar-refractivity contribution in [3.8, 4) is 0 Å². The van der Waals surface area contributed by atoms with Crippen LogP contribution >= 0.6 is 0 Å². The number of aryl methyl sites for hydroxylation is 1. The van der Waals surface area contributed by atoms with Gasteiger partial charge in [-0.1, -0.05) is 0 Å². The molecule has 1 fully saturated rings. The van der Waals surface area contributed by atoms with Crippen molar-refractivity contribution < 1.29 is 19.6 Å². The summed E-state index contributed by atoms with van der Waals surface area (Å²) in [6, 6.07) is 0.567. The van der Waals surface area contributed by atoms with Gasteiger partial charge in [-0.2, -0.15) is 0 Å². The number of carbonyl (C=O) groups is 1. The number of aliphatic carboxylic acids is 1. The molecule has 0 saturated carbocycles. The standard InChI is InChI=1S/C11H13N3O5/c1-7-4-8(14(17)18)5-12-10(7)13-2-3-19-6-9(13)11(15)16/h4-5,9H,2-3,6H2,1H3,(H,15,16). The number of ether oxygens (including phenoxy) is 1. The molecule has 1 atom stereocenters. The molecule has 1 aromatic heterocycles. The van der Waals surface area contributed by atoms with E-state index in [1.54, 1.807) is 11.8 Å². The highest BCUT2D eigenvalue weighted by Gasteiger charge is 2.31. The summed E-state index contributed by atoms with van der Waals surface area (Å²) in [4.78, 5) is 26.9. The molecule has 1 saturated heterocycles. The van der Waals surface area contributed by atoms with Crippen LogP contribution < -0.4 is 4.90 Å². The van der Waals surface area contributed by atoms with Crippen molar-refractivity contribution in [2.24, 2.45) is 0 Å². The lowest BCUT2D eigenvalue weighted by Crippen LogP contribution is -2.50. The van der Waals surface area contributed by atoms with E-state index in [1.807, 2.05) is 0 Å². The molecule has 0 amide bonds. The molecule has 1 N–H and O–H groups in total. The second kappa shape index (κ2) is 5.19. The molecule has 2 heterocycles. The maximum atomic E-state index is 11.2. The van der Waals surface area contributed by atoms with E-state index in [-0.39, 0.29) is 12.3 Å². The lowest BCUT2D eigenvalue weighted by Gasteiger charge is -2.34. The molecule has 8 heteroatoms. The average molecular weight is 267 g/mol. The predicted octanol–water partition coefficient (Wildman–Crippen LogP) is 0.588. The van der Waals surface area contributed by atoms with Crippen LogP contribution in [-0.2, 0) is 9.53 Å². The molecule has 0 radical (unpaired) electrons. The first-order valence-electron chi connectivity index (χ1n) is 5.69. The number of rotatable bonds is 3. The van der Waals surface area contributed by atoms with Crippen molar-refractivity contribution in [3.63, 3.8) is 0 Å². The Morgan fingerprint density at radius 1 is 1.68 bits per heavy atom. The van der Waals surface area contributed by atoms with E-state index < -0.39 is 16.9 Å². The fraction of sp³-hybridized carbons (Fsp3) is 0.455. The fourth-order valence-corrected chi connectivity index (χ4v) is 2.02. The van der Waals surface area contributed by atoms with E-state index in [2.05, 4.69) is 4.98 Å². The quantitative estimate of drug-likeness (QED) is 0.630. The van der Waals surface area contributed by atoms with Gasteiger partial charge in [-0.15, -0.1) is 0 Å². The van der Waals surface area contributed by atoms with Crippen molar-refractivity contribution in [2.45, 2.75) is 13.0 Å². The molecule has 0 aliphatic carbocycles. The van der Waals surface area contributed by atoms with Gasteiger partial charge in [0.05, 0.1) is 18.1 Å². The Labute approximate surface area is 108 Å². The monoisotopic (exact) mass is 267 g/mol. The number of hydrogen-bond donors (Lipinski definition) is 1. The van der Waals surface area contributed by atoms with Gasteiger partial charge in [0.25, 0.3) is 5.69 Å². The number of carboxylic acid groups (broad SMARTS) is 1. The largest absolute Gasteiger partial charge is 0.480 e.